The zero-order valence-electron chi connectivity index (χ0n) is 12.3. The lowest BCUT2D eigenvalue weighted by molar-refractivity contribution is 0.0622. The number of nitrogens with two attached hydrogens (primary N) is 1. The highest BCUT2D eigenvalue weighted by atomic mass is 35.5. The number of hydrogen-bond donors (Lipinski definition) is 1. The third-order valence-electron chi connectivity index (χ3n) is 4.09. The summed E-state index contributed by atoms with van der Waals surface area (Å²) in [4.78, 5) is 14.5. The summed E-state index contributed by atoms with van der Waals surface area (Å²) in [5, 5.41) is -0.0111. The number of carbonyl (C=O) groups is 1. The second-order valence-corrected chi connectivity index (χ2v) is 6.08. The number of halogens is 2. The van der Waals surface area contributed by atoms with E-state index in [1.54, 1.807) is 11.0 Å². The Hall–Kier alpha value is -1.13. The van der Waals surface area contributed by atoms with E-state index in [4.69, 9.17) is 17.3 Å². The molecule has 1 aliphatic carbocycles. The molecule has 0 heterocycles. The van der Waals surface area contributed by atoms with Crippen LogP contribution in [0, 0.1) is 5.82 Å². The Balaban J connectivity index is 2.21. The minimum absolute atomic E-state index is 0.0111. The lowest BCUT2D eigenvalue weighted by Crippen LogP contribution is -2.44. The van der Waals surface area contributed by atoms with Crippen LogP contribution in [0.15, 0.2) is 18.2 Å². The van der Waals surface area contributed by atoms with Crippen LogP contribution in [0.2, 0.25) is 5.02 Å². The Morgan fingerprint density at radius 2 is 2.05 bits per heavy atom. The summed E-state index contributed by atoms with van der Waals surface area (Å²) in [5.74, 6) is -0.893. The van der Waals surface area contributed by atoms with Crippen LogP contribution in [0.5, 0.6) is 0 Å². The third kappa shape index (κ3) is 3.74. The van der Waals surface area contributed by atoms with Crippen LogP contribution in [0.4, 0.5) is 4.39 Å². The van der Waals surface area contributed by atoms with Crippen LogP contribution in [0.3, 0.4) is 0 Å². The molecule has 3 nitrogen and oxygen atoms in total. The zero-order chi connectivity index (χ0) is 15.4. The fourth-order valence-electron chi connectivity index (χ4n) is 2.93. The summed E-state index contributed by atoms with van der Waals surface area (Å²) in [6.45, 7) is 2.65. The largest absolute Gasteiger partial charge is 0.336 e. The second kappa shape index (κ2) is 7.23. The van der Waals surface area contributed by atoms with Gasteiger partial charge in [0.1, 0.15) is 0 Å². The minimum atomic E-state index is -0.627. The topological polar surface area (TPSA) is 46.3 Å². The Morgan fingerprint density at radius 1 is 1.38 bits per heavy atom. The Morgan fingerprint density at radius 3 is 2.67 bits per heavy atom. The molecule has 0 unspecified atom stereocenters. The number of benzene rings is 1. The van der Waals surface area contributed by atoms with Gasteiger partial charge in [-0.25, -0.2) is 4.39 Å². The highest BCUT2D eigenvalue weighted by molar-refractivity contribution is 6.31. The molecule has 5 heteroatoms. The molecule has 0 atom stereocenters. The lowest BCUT2D eigenvalue weighted by atomic mass is 9.90. The Labute approximate surface area is 130 Å². The summed E-state index contributed by atoms with van der Waals surface area (Å²) in [5.41, 5.74) is 5.98. The molecule has 2 N–H and O–H groups in total. The van der Waals surface area contributed by atoms with Crippen LogP contribution < -0.4 is 5.73 Å². The van der Waals surface area contributed by atoms with Gasteiger partial charge < -0.3 is 10.6 Å². The van der Waals surface area contributed by atoms with E-state index in [1.165, 1.54) is 12.1 Å². The average molecular weight is 313 g/mol. The van der Waals surface area contributed by atoms with E-state index in [9.17, 15) is 9.18 Å². The Kier molecular flexibility index (Phi) is 5.59. The van der Waals surface area contributed by atoms with Gasteiger partial charge in [0, 0.05) is 18.6 Å². The SMILES string of the molecule is CCCN(C(=O)c1cccc(Cl)c1F)C1CCC(N)CC1. The van der Waals surface area contributed by atoms with Crippen molar-refractivity contribution in [2.45, 2.75) is 51.1 Å². The van der Waals surface area contributed by atoms with Crippen LogP contribution in [-0.2, 0) is 0 Å². The van der Waals surface area contributed by atoms with Crippen molar-refractivity contribution < 1.29 is 9.18 Å². The first kappa shape index (κ1) is 16.2. The predicted octanol–water partition coefficient (Wildman–Crippen LogP) is 3.60. The maximum atomic E-state index is 14.1. The molecule has 2 rings (SSSR count). The van der Waals surface area contributed by atoms with Crippen molar-refractivity contribution in [2.24, 2.45) is 5.73 Å². The molecule has 0 spiro atoms. The maximum absolute atomic E-state index is 14.1. The van der Waals surface area contributed by atoms with Crippen molar-refractivity contribution in [1.29, 1.82) is 0 Å². The molecule has 0 radical (unpaired) electrons. The predicted molar refractivity (Wildman–Crippen MR) is 83.0 cm³/mol. The molecule has 1 aliphatic rings. The molecule has 1 saturated carbocycles. The summed E-state index contributed by atoms with van der Waals surface area (Å²) < 4.78 is 14.1. The first-order chi connectivity index (χ1) is 10.0. The highest BCUT2D eigenvalue weighted by Crippen LogP contribution is 2.26. The molecule has 1 aromatic rings. The van der Waals surface area contributed by atoms with E-state index in [0.29, 0.717) is 6.54 Å². The van der Waals surface area contributed by atoms with Crippen molar-refractivity contribution >= 4 is 17.5 Å². The van der Waals surface area contributed by atoms with Gasteiger partial charge in [-0.3, -0.25) is 4.79 Å². The molecule has 116 valence electrons. The molecule has 0 bridgehead atoms. The third-order valence-corrected chi connectivity index (χ3v) is 4.38. The quantitative estimate of drug-likeness (QED) is 0.923. The molecule has 0 aromatic heterocycles. The van der Waals surface area contributed by atoms with Gasteiger partial charge in [0.2, 0.25) is 0 Å². The monoisotopic (exact) mass is 312 g/mol. The summed E-state index contributed by atoms with van der Waals surface area (Å²) in [7, 11) is 0. The number of nitrogens with zero attached hydrogens (tertiary/aromatic N) is 1. The molecule has 1 amide bonds. The first-order valence-corrected chi connectivity index (χ1v) is 7.93. The normalized spacial score (nSPS) is 22.1. The summed E-state index contributed by atoms with van der Waals surface area (Å²) in [6, 6.07) is 4.94. The van der Waals surface area contributed by atoms with Crippen LogP contribution in [0.1, 0.15) is 49.4 Å². The second-order valence-electron chi connectivity index (χ2n) is 5.67. The molecule has 1 fully saturated rings. The zero-order valence-corrected chi connectivity index (χ0v) is 13.1. The van der Waals surface area contributed by atoms with Gasteiger partial charge in [-0.15, -0.1) is 0 Å². The van der Waals surface area contributed by atoms with Crippen molar-refractivity contribution in [2.75, 3.05) is 6.54 Å². The van der Waals surface area contributed by atoms with Gasteiger partial charge in [0.25, 0.3) is 5.91 Å². The standard InChI is InChI=1S/C16H22ClFN2O/c1-2-10-20(12-8-6-11(19)7-9-12)16(21)13-4-3-5-14(17)15(13)18/h3-5,11-12H,2,6-10,19H2,1H3. The fourth-order valence-corrected chi connectivity index (χ4v) is 3.10. The van der Waals surface area contributed by atoms with Crippen LogP contribution >= 0.6 is 11.6 Å². The van der Waals surface area contributed by atoms with Crippen molar-refractivity contribution in [3.05, 3.63) is 34.6 Å². The van der Waals surface area contributed by atoms with E-state index < -0.39 is 5.82 Å². The van der Waals surface area contributed by atoms with Gasteiger partial charge in [-0.2, -0.15) is 0 Å². The number of amides is 1. The van der Waals surface area contributed by atoms with Gasteiger partial charge in [-0.05, 0) is 44.2 Å². The van der Waals surface area contributed by atoms with E-state index >= 15 is 0 Å². The number of rotatable bonds is 4. The van der Waals surface area contributed by atoms with Crippen molar-refractivity contribution in [3.63, 3.8) is 0 Å². The lowest BCUT2D eigenvalue weighted by Gasteiger charge is -2.36. The van der Waals surface area contributed by atoms with Gasteiger partial charge in [0.15, 0.2) is 5.82 Å². The van der Waals surface area contributed by atoms with E-state index in [1.807, 2.05) is 6.92 Å². The first-order valence-electron chi connectivity index (χ1n) is 7.55. The molecular weight excluding hydrogens is 291 g/mol. The van der Waals surface area contributed by atoms with E-state index in [-0.39, 0.29) is 28.6 Å². The smallest absolute Gasteiger partial charge is 0.257 e. The Bertz CT molecular complexity index is 501. The average Bonchev–Trinajstić information content (AvgIpc) is 2.48. The molecule has 0 saturated heterocycles. The summed E-state index contributed by atoms with van der Waals surface area (Å²) >= 11 is 5.78. The van der Waals surface area contributed by atoms with Crippen molar-refractivity contribution in [1.82, 2.24) is 4.90 Å². The van der Waals surface area contributed by atoms with E-state index in [0.717, 1.165) is 32.1 Å². The highest BCUT2D eigenvalue weighted by Gasteiger charge is 2.29. The molecule has 1 aromatic carbocycles. The fraction of sp³-hybridized carbons (Fsp3) is 0.562. The van der Waals surface area contributed by atoms with Crippen LogP contribution in [0.25, 0.3) is 0 Å². The molecule has 21 heavy (non-hydrogen) atoms. The van der Waals surface area contributed by atoms with Crippen LogP contribution in [-0.4, -0.2) is 29.4 Å². The molecule has 0 aliphatic heterocycles. The number of carbonyl (C=O) groups excluding carboxylic acids is 1. The van der Waals surface area contributed by atoms with Gasteiger partial charge in [0.05, 0.1) is 10.6 Å². The van der Waals surface area contributed by atoms with Gasteiger partial charge >= 0.3 is 0 Å². The van der Waals surface area contributed by atoms with Crippen molar-refractivity contribution in [3.8, 4) is 0 Å². The maximum Gasteiger partial charge on any atom is 0.257 e. The minimum Gasteiger partial charge on any atom is -0.336 e. The molecular formula is C16H22ClFN2O. The summed E-state index contributed by atoms with van der Waals surface area (Å²) in [6.07, 6.45) is 4.44. The number of hydrogen-bond acceptors (Lipinski definition) is 2. The van der Waals surface area contributed by atoms with E-state index in [2.05, 4.69) is 0 Å². The van der Waals surface area contributed by atoms with Gasteiger partial charge in [-0.1, -0.05) is 24.6 Å².